The summed E-state index contributed by atoms with van der Waals surface area (Å²) >= 11 is 0. The van der Waals surface area contributed by atoms with Crippen molar-refractivity contribution in [1.29, 1.82) is 0 Å². The molecule has 0 amide bonds. The number of aryl methyl sites for hydroxylation is 1. The van der Waals surface area contributed by atoms with Crippen molar-refractivity contribution in [1.82, 2.24) is 24.8 Å². The molecule has 3 rings (SSSR count). The maximum atomic E-state index is 12.0. The number of carbonyl (C=O) groups excluding carboxylic acids is 1. The first-order chi connectivity index (χ1) is 16.0. The van der Waals surface area contributed by atoms with E-state index in [4.69, 9.17) is 9.84 Å². The van der Waals surface area contributed by atoms with Gasteiger partial charge in [0.05, 0.1) is 11.6 Å². The average molecular weight is 472 g/mol. The summed E-state index contributed by atoms with van der Waals surface area (Å²) in [6.45, 7) is 8.30. The Morgan fingerprint density at radius 1 is 1.06 bits per heavy atom. The number of rotatable bonds is 8. The molecule has 0 aromatic carbocycles. The van der Waals surface area contributed by atoms with Crippen molar-refractivity contribution in [2.45, 2.75) is 45.3 Å². The molecular formula is C23H33N7O4. The van der Waals surface area contributed by atoms with Crippen molar-refractivity contribution in [2.75, 3.05) is 50.1 Å². The van der Waals surface area contributed by atoms with E-state index in [2.05, 4.69) is 34.6 Å². The average Bonchev–Trinajstić information content (AvgIpc) is 2.76. The van der Waals surface area contributed by atoms with Gasteiger partial charge >= 0.3 is 11.9 Å². The minimum Gasteiger partial charge on any atom is -0.478 e. The molecule has 0 saturated carbocycles. The second-order valence-electron chi connectivity index (χ2n) is 9.61. The highest BCUT2D eigenvalue weighted by Crippen LogP contribution is 2.20. The van der Waals surface area contributed by atoms with E-state index in [-0.39, 0.29) is 24.0 Å². The number of carboxylic acid groups (broad SMARTS) is 1. The van der Waals surface area contributed by atoms with Crippen molar-refractivity contribution in [3.05, 3.63) is 35.9 Å². The number of hydrogen-bond acceptors (Lipinski definition) is 10. The Hall–Kier alpha value is -3.34. The van der Waals surface area contributed by atoms with Gasteiger partial charge in [-0.05, 0) is 46.9 Å². The Bertz CT molecular complexity index is 974. The van der Waals surface area contributed by atoms with Gasteiger partial charge in [-0.3, -0.25) is 4.79 Å². The molecule has 1 aliphatic rings. The lowest BCUT2D eigenvalue weighted by molar-refractivity contribution is -0.154. The highest BCUT2D eigenvalue weighted by molar-refractivity contribution is 5.86. The molecule has 11 nitrogen and oxygen atoms in total. The van der Waals surface area contributed by atoms with Gasteiger partial charge in [0.2, 0.25) is 11.9 Å². The molecule has 0 radical (unpaired) electrons. The summed E-state index contributed by atoms with van der Waals surface area (Å²) in [5.41, 5.74) is 0.447. The fourth-order valence-corrected chi connectivity index (χ4v) is 3.74. The van der Waals surface area contributed by atoms with Crippen molar-refractivity contribution in [3.63, 3.8) is 0 Å². The zero-order valence-electron chi connectivity index (χ0n) is 20.4. The topological polar surface area (TPSA) is 125 Å². The number of likely N-dealkylation sites (N-methyl/N-ethyl adjacent to an activating group) is 1. The molecule has 1 atom stereocenters. The van der Waals surface area contributed by atoms with Crippen LogP contribution >= 0.6 is 0 Å². The Balaban J connectivity index is 1.64. The quantitative estimate of drug-likeness (QED) is 0.563. The highest BCUT2D eigenvalue weighted by atomic mass is 16.6. The molecule has 0 spiro atoms. The summed E-state index contributed by atoms with van der Waals surface area (Å²) in [7, 11) is 4.00. The van der Waals surface area contributed by atoms with Crippen molar-refractivity contribution >= 4 is 23.8 Å². The van der Waals surface area contributed by atoms with Gasteiger partial charge < -0.3 is 24.5 Å². The molecule has 1 aliphatic heterocycles. The summed E-state index contributed by atoms with van der Waals surface area (Å²) in [6, 6.07) is 0.0647. The molecule has 1 fully saturated rings. The van der Waals surface area contributed by atoms with Crippen LogP contribution in [0.1, 0.15) is 43.1 Å². The lowest BCUT2D eigenvalue weighted by atomic mass is 10.1. The molecule has 3 heterocycles. The summed E-state index contributed by atoms with van der Waals surface area (Å²) < 4.78 is 5.35. The summed E-state index contributed by atoms with van der Waals surface area (Å²) in [5.74, 6) is -0.146. The lowest BCUT2D eigenvalue weighted by Crippen LogP contribution is -2.57. The van der Waals surface area contributed by atoms with Crippen molar-refractivity contribution < 1.29 is 19.4 Å². The number of nitrogens with zero attached hydrogens (tertiary/aromatic N) is 7. The summed E-state index contributed by atoms with van der Waals surface area (Å²) in [6.07, 6.45) is 6.99. The monoisotopic (exact) mass is 471 g/mol. The van der Waals surface area contributed by atoms with Crippen LogP contribution in [-0.4, -0.2) is 93.8 Å². The molecule has 34 heavy (non-hydrogen) atoms. The zero-order chi connectivity index (χ0) is 24.9. The third-order valence-corrected chi connectivity index (χ3v) is 5.21. The third kappa shape index (κ3) is 7.08. The molecule has 1 N–H and O–H groups in total. The SMILES string of the molecule is CN(C)C[C@@H]1CN(c2ncc(CCC(=O)OC(C)(C)C)cn2)CCN1c1ncc(C(=O)O)cn1. The van der Waals surface area contributed by atoms with Crippen molar-refractivity contribution in [2.24, 2.45) is 0 Å². The Morgan fingerprint density at radius 2 is 1.68 bits per heavy atom. The molecular weight excluding hydrogens is 438 g/mol. The van der Waals surface area contributed by atoms with E-state index in [0.717, 1.165) is 12.1 Å². The van der Waals surface area contributed by atoms with Gasteiger partial charge in [0.25, 0.3) is 0 Å². The predicted octanol–water partition coefficient (Wildman–Crippen LogP) is 1.50. The van der Waals surface area contributed by atoms with Crippen LogP contribution in [-0.2, 0) is 16.0 Å². The van der Waals surface area contributed by atoms with Crippen LogP contribution < -0.4 is 9.80 Å². The van der Waals surface area contributed by atoms with Crippen LogP contribution in [0, 0.1) is 0 Å². The van der Waals surface area contributed by atoms with Gasteiger partial charge in [-0.2, -0.15) is 0 Å². The third-order valence-electron chi connectivity index (χ3n) is 5.21. The van der Waals surface area contributed by atoms with E-state index in [0.29, 0.717) is 38.0 Å². The number of carbonyl (C=O) groups is 2. The first kappa shape index (κ1) is 25.3. The first-order valence-corrected chi connectivity index (χ1v) is 11.3. The molecule has 0 bridgehead atoms. The van der Waals surface area contributed by atoms with Crippen LogP contribution in [0.25, 0.3) is 0 Å². The zero-order valence-corrected chi connectivity index (χ0v) is 20.4. The van der Waals surface area contributed by atoms with Crippen LogP contribution in [0.3, 0.4) is 0 Å². The number of hydrogen-bond donors (Lipinski definition) is 1. The lowest BCUT2D eigenvalue weighted by Gasteiger charge is -2.42. The van der Waals surface area contributed by atoms with E-state index in [9.17, 15) is 9.59 Å². The first-order valence-electron chi connectivity index (χ1n) is 11.3. The van der Waals surface area contributed by atoms with Gasteiger partial charge in [-0.15, -0.1) is 0 Å². The van der Waals surface area contributed by atoms with E-state index >= 15 is 0 Å². The number of aromatic nitrogens is 4. The van der Waals surface area contributed by atoms with Gasteiger partial charge in [-0.25, -0.2) is 24.7 Å². The van der Waals surface area contributed by atoms with Crippen LogP contribution in [0.2, 0.25) is 0 Å². The normalized spacial score (nSPS) is 16.6. The highest BCUT2D eigenvalue weighted by Gasteiger charge is 2.30. The molecule has 2 aromatic rings. The second kappa shape index (κ2) is 10.7. The number of anilines is 2. The van der Waals surface area contributed by atoms with E-state index in [1.165, 1.54) is 12.4 Å². The molecule has 0 aliphatic carbocycles. The molecule has 0 unspecified atom stereocenters. The Kier molecular flexibility index (Phi) is 7.98. The minimum absolute atomic E-state index is 0.0618. The predicted molar refractivity (Wildman–Crippen MR) is 127 cm³/mol. The molecule has 184 valence electrons. The Morgan fingerprint density at radius 3 is 2.24 bits per heavy atom. The van der Waals surface area contributed by atoms with Crippen LogP contribution in [0.5, 0.6) is 0 Å². The number of esters is 1. The fraction of sp³-hybridized carbons (Fsp3) is 0.565. The number of piperazine rings is 1. The maximum absolute atomic E-state index is 12.0. The molecule has 2 aromatic heterocycles. The fourth-order valence-electron chi connectivity index (χ4n) is 3.74. The van der Waals surface area contributed by atoms with Crippen LogP contribution in [0.4, 0.5) is 11.9 Å². The van der Waals surface area contributed by atoms with Gasteiger partial charge in [0.15, 0.2) is 0 Å². The van der Waals surface area contributed by atoms with Gasteiger partial charge in [-0.1, -0.05) is 0 Å². The smallest absolute Gasteiger partial charge is 0.338 e. The maximum Gasteiger partial charge on any atom is 0.338 e. The second-order valence-corrected chi connectivity index (χ2v) is 9.61. The minimum atomic E-state index is -1.05. The number of carboxylic acids is 1. The van der Waals surface area contributed by atoms with E-state index in [1.54, 1.807) is 12.4 Å². The van der Waals surface area contributed by atoms with Gasteiger partial charge in [0.1, 0.15) is 5.60 Å². The Labute approximate surface area is 199 Å². The molecule has 1 saturated heterocycles. The van der Waals surface area contributed by atoms with Crippen molar-refractivity contribution in [3.8, 4) is 0 Å². The number of aromatic carboxylic acids is 1. The van der Waals surface area contributed by atoms with Gasteiger partial charge in [0, 0.05) is 57.4 Å². The van der Waals surface area contributed by atoms with E-state index in [1.807, 2.05) is 34.9 Å². The van der Waals surface area contributed by atoms with Crippen LogP contribution in [0.15, 0.2) is 24.8 Å². The summed E-state index contributed by atoms with van der Waals surface area (Å²) in [5, 5.41) is 9.10. The molecule has 11 heteroatoms. The number of ether oxygens (including phenoxy) is 1. The van der Waals surface area contributed by atoms with E-state index < -0.39 is 11.6 Å². The largest absolute Gasteiger partial charge is 0.478 e. The summed E-state index contributed by atoms with van der Waals surface area (Å²) in [4.78, 5) is 47.0. The standard InChI is InChI=1S/C23H33N7O4/c1-23(2,3)34-19(31)7-6-16-10-24-21(25-11-16)29-8-9-30(18(15-29)14-28(4)5)22-26-12-17(13-27-22)20(32)33/h10-13,18H,6-9,14-15H2,1-5H3,(H,32,33)/t18-/m1/s1.